The Morgan fingerprint density at radius 2 is 2.19 bits per heavy atom. The molecule has 0 spiro atoms. The van der Waals surface area contributed by atoms with E-state index in [1.54, 1.807) is 24.3 Å². The van der Waals surface area contributed by atoms with Gasteiger partial charge in [0.2, 0.25) is 0 Å². The third-order valence-corrected chi connectivity index (χ3v) is 2.16. The van der Waals surface area contributed by atoms with E-state index in [1.165, 1.54) is 6.07 Å². The first-order valence-electron chi connectivity index (χ1n) is 4.56. The van der Waals surface area contributed by atoms with E-state index < -0.39 is 12.6 Å². The number of aromatic nitrogens is 1. The van der Waals surface area contributed by atoms with Gasteiger partial charge < -0.3 is 9.63 Å². The second kappa shape index (κ2) is 4.14. The Balaban J connectivity index is 2.46. The monoisotopic (exact) mass is 221 g/mol. The predicted octanol–water partition coefficient (Wildman–Crippen LogP) is 2.51. The van der Waals surface area contributed by atoms with Crippen LogP contribution in [0.15, 0.2) is 34.9 Å². The molecule has 1 aromatic heterocycles. The average molecular weight is 221 g/mol. The number of hydrogen-bond donors (Lipinski definition) is 1. The highest BCUT2D eigenvalue weighted by Crippen LogP contribution is 2.25. The Morgan fingerprint density at radius 1 is 1.44 bits per heavy atom. The molecular weight excluding hydrogens is 213 g/mol. The summed E-state index contributed by atoms with van der Waals surface area (Å²) in [5, 5.41) is 12.0. The lowest BCUT2D eigenvalue weighted by Crippen LogP contribution is -1.94. The highest BCUT2D eigenvalue weighted by Gasteiger charge is 2.14. The number of benzene rings is 1. The molecule has 82 valence electrons. The largest absolute Gasteiger partial charge is 0.476 e. The fraction of sp³-hybridized carbons (Fsp3) is 0.0909. The van der Waals surface area contributed by atoms with E-state index in [1.807, 2.05) is 0 Å². The summed E-state index contributed by atoms with van der Waals surface area (Å²) in [7, 11) is 0. The van der Waals surface area contributed by atoms with Crippen molar-refractivity contribution in [3.05, 3.63) is 41.6 Å². The summed E-state index contributed by atoms with van der Waals surface area (Å²) < 4.78 is 17.5. The number of halogens is 1. The quantitative estimate of drug-likeness (QED) is 0.864. The van der Waals surface area contributed by atoms with Crippen LogP contribution in [-0.2, 0) is 6.67 Å². The molecule has 2 rings (SSSR count). The Kier molecular flexibility index (Phi) is 2.68. The minimum absolute atomic E-state index is 0.191. The molecule has 0 aliphatic heterocycles. The second-order valence-electron chi connectivity index (χ2n) is 3.17. The van der Waals surface area contributed by atoms with E-state index in [-0.39, 0.29) is 11.5 Å². The summed E-state index contributed by atoms with van der Waals surface area (Å²) in [5.74, 6) is -0.918. The molecule has 1 aromatic carbocycles. The third kappa shape index (κ3) is 1.79. The summed E-state index contributed by atoms with van der Waals surface area (Å²) in [6.45, 7) is -0.640. The van der Waals surface area contributed by atoms with E-state index in [4.69, 9.17) is 9.63 Å². The van der Waals surface area contributed by atoms with Crippen molar-refractivity contribution in [3.8, 4) is 11.3 Å². The van der Waals surface area contributed by atoms with Crippen LogP contribution in [0.5, 0.6) is 0 Å². The molecule has 0 saturated heterocycles. The van der Waals surface area contributed by atoms with Gasteiger partial charge in [-0.25, -0.2) is 9.18 Å². The van der Waals surface area contributed by atoms with Gasteiger partial charge in [-0.1, -0.05) is 29.4 Å². The van der Waals surface area contributed by atoms with Gasteiger partial charge in [0.25, 0.3) is 0 Å². The predicted molar refractivity (Wildman–Crippen MR) is 53.7 cm³/mol. The lowest BCUT2D eigenvalue weighted by molar-refractivity contribution is 0.0686. The molecule has 0 aliphatic rings. The molecule has 0 saturated carbocycles. The Bertz CT molecular complexity index is 521. The van der Waals surface area contributed by atoms with Crippen LogP contribution < -0.4 is 0 Å². The van der Waals surface area contributed by atoms with Gasteiger partial charge in [-0.15, -0.1) is 0 Å². The molecule has 0 fully saturated rings. The minimum Gasteiger partial charge on any atom is -0.476 e. The molecule has 0 atom stereocenters. The van der Waals surface area contributed by atoms with Crippen LogP contribution in [0.1, 0.15) is 16.1 Å². The van der Waals surface area contributed by atoms with Crippen LogP contribution >= 0.6 is 0 Å². The second-order valence-corrected chi connectivity index (χ2v) is 3.17. The van der Waals surface area contributed by atoms with Gasteiger partial charge in [-0.05, 0) is 5.56 Å². The van der Waals surface area contributed by atoms with Crippen molar-refractivity contribution in [2.45, 2.75) is 6.67 Å². The van der Waals surface area contributed by atoms with Crippen LogP contribution in [0, 0.1) is 0 Å². The maximum Gasteiger partial charge on any atom is 0.358 e. The molecule has 16 heavy (non-hydrogen) atoms. The van der Waals surface area contributed by atoms with Crippen molar-refractivity contribution in [3.63, 3.8) is 0 Å². The molecule has 0 bridgehead atoms. The number of aromatic carboxylic acids is 1. The fourth-order valence-corrected chi connectivity index (χ4v) is 1.38. The van der Waals surface area contributed by atoms with Crippen LogP contribution in [0.4, 0.5) is 4.39 Å². The Labute approximate surface area is 90.3 Å². The Morgan fingerprint density at radius 3 is 2.81 bits per heavy atom. The molecule has 1 heterocycles. The zero-order valence-corrected chi connectivity index (χ0v) is 8.18. The first-order chi connectivity index (χ1) is 7.72. The van der Waals surface area contributed by atoms with Crippen LogP contribution in [-0.4, -0.2) is 16.2 Å². The van der Waals surface area contributed by atoms with E-state index in [9.17, 15) is 9.18 Å². The SMILES string of the molecule is O=C(O)c1cc(-c2ccccc2CF)on1. The van der Waals surface area contributed by atoms with E-state index in [2.05, 4.69) is 5.16 Å². The molecule has 0 aliphatic carbocycles. The zero-order chi connectivity index (χ0) is 11.5. The average Bonchev–Trinajstić information content (AvgIpc) is 2.78. The van der Waals surface area contributed by atoms with Crippen LogP contribution in [0.3, 0.4) is 0 Å². The van der Waals surface area contributed by atoms with Gasteiger partial charge in [0.05, 0.1) is 0 Å². The maximum atomic E-state index is 12.7. The Hall–Kier alpha value is -2.17. The van der Waals surface area contributed by atoms with Gasteiger partial charge in [0.15, 0.2) is 11.5 Å². The summed E-state index contributed by atoms with van der Waals surface area (Å²) in [6, 6.07) is 7.96. The first-order valence-corrected chi connectivity index (χ1v) is 4.56. The summed E-state index contributed by atoms with van der Waals surface area (Å²) in [5.41, 5.74) is 0.768. The third-order valence-electron chi connectivity index (χ3n) is 2.16. The van der Waals surface area contributed by atoms with Gasteiger partial charge in [-0.2, -0.15) is 0 Å². The van der Waals surface area contributed by atoms with Gasteiger partial charge >= 0.3 is 5.97 Å². The number of hydrogen-bond acceptors (Lipinski definition) is 3. The summed E-state index contributed by atoms with van der Waals surface area (Å²) >= 11 is 0. The molecular formula is C11H8FNO3. The van der Waals surface area contributed by atoms with Crippen molar-refractivity contribution in [1.82, 2.24) is 5.16 Å². The summed E-state index contributed by atoms with van der Waals surface area (Å²) in [6.07, 6.45) is 0. The normalized spacial score (nSPS) is 10.3. The van der Waals surface area contributed by atoms with E-state index in [0.717, 1.165) is 0 Å². The van der Waals surface area contributed by atoms with Crippen LogP contribution in [0.2, 0.25) is 0 Å². The molecule has 2 aromatic rings. The summed E-state index contributed by atoms with van der Waals surface area (Å²) in [4.78, 5) is 10.6. The molecule has 4 nitrogen and oxygen atoms in total. The van der Waals surface area contributed by atoms with Crippen LogP contribution in [0.25, 0.3) is 11.3 Å². The van der Waals surface area contributed by atoms with Gasteiger partial charge in [0.1, 0.15) is 6.67 Å². The number of alkyl halides is 1. The standard InChI is InChI=1S/C11H8FNO3/c12-6-7-3-1-2-4-8(7)10-5-9(11(14)15)13-16-10/h1-5H,6H2,(H,14,15). The molecule has 0 radical (unpaired) electrons. The first kappa shape index (κ1) is 10.4. The van der Waals surface area contributed by atoms with Gasteiger partial charge in [-0.3, -0.25) is 0 Å². The number of nitrogens with zero attached hydrogens (tertiary/aromatic N) is 1. The maximum absolute atomic E-state index is 12.7. The fourth-order valence-electron chi connectivity index (χ4n) is 1.38. The van der Waals surface area contributed by atoms with Crippen molar-refractivity contribution >= 4 is 5.97 Å². The highest BCUT2D eigenvalue weighted by atomic mass is 19.1. The smallest absolute Gasteiger partial charge is 0.358 e. The highest BCUT2D eigenvalue weighted by molar-refractivity contribution is 5.86. The van der Waals surface area contributed by atoms with Crippen molar-refractivity contribution in [1.29, 1.82) is 0 Å². The van der Waals surface area contributed by atoms with Crippen molar-refractivity contribution in [2.24, 2.45) is 0 Å². The molecule has 1 N–H and O–H groups in total. The van der Waals surface area contributed by atoms with E-state index >= 15 is 0 Å². The minimum atomic E-state index is -1.17. The number of rotatable bonds is 3. The number of carboxylic acid groups (broad SMARTS) is 1. The number of carbonyl (C=O) groups is 1. The number of carboxylic acids is 1. The molecule has 5 heteroatoms. The molecule has 0 amide bonds. The lowest BCUT2D eigenvalue weighted by Gasteiger charge is -2.00. The van der Waals surface area contributed by atoms with Crippen molar-refractivity contribution in [2.75, 3.05) is 0 Å². The van der Waals surface area contributed by atoms with Gasteiger partial charge in [0, 0.05) is 11.6 Å². The van der Waals surface area contributed by atoms with E-state index in [0.29, 0.717) is 11.1 Å². The lowest BCUT2D eigenvalue weighted by atomic mass is 10.1. The molecule has 0 unspecified atom stereocenters. The van der Waals surface area contributed by atoms with Crippen molar-refractivity contribution < 1.29 is 18.8 Å². The topological polar surface area (TPSA) is 63.3 Å². The zero-order valence-electron chi connectivity index (χ0n) is 8.18.